The molecule has 1 aliphatic rings. The van der Waals surface area contributed by atoms with E-state index in [0.717, 1.165) is 38.2 Å². The SMILES string of the molecule is CCCN(Cc1ccc(F)c(Cl)c1)C1CNC1. The average Bonchev–Trinajstić information content (AvgIpc) is 2.21. The second-order valence-electron chi connectivity index (χ2n) is 4.53. The van der Waals surface area contributed by atoms with Gasteiger partial charge < -0.3 is 5.32 Å². The molecule has 2 nitrogen and oxygen atoms in total. The maximum Gasteiger partial charge on any atom is 0.141 e. The van der Waals surface area contributed by atoms with Crippen LogP contribution in [0.25, 0.3) is 0 Å². The Morgan fingerprint density at radius 3 is 2.76 bits per heavy atom. The average molecular weight is 257 g/mol. The summed E-state index contributed by atoms with van der Waals surface area (Å²) in [4.78, 5) is 2.43. The summed E-state index contributed by atoms with van der Waals surface area (Å²) in [6, 6.07) is 5.60. The standard InChI is InChI=1S/C13H18ClFN2/c1-2-5-17(11-7-16-8-11)9-10-3-4-13(15)12(14)6-10/h3-4,6,11,16H,2,5,7-9H2,1H3. The van der Waals surface area contributed by atoms with E-state index in [1.54, 1.807) is 6.07 Å². The van der Waals surface area contributed by atoms with Crippen LogP contribution in [0.1, 0.15) is 18.9 Å². The Hall–Kier alpha value is -0.640. The summed E-state index contributed by atoms with van der Waals surface area (Å²) in [5.41, 5.74) is 1.08. The van der Waals surface area contributed by atoms with Gasteiger partial charge in [0.2, 0.25) is 0 Å². The fourth-order valence-electron chi connectivity index (χ4n) is 2.08. The molecule has 0 atom stereocenters. The molecule has 1 aliphatic heterocycles. The maximum atomic E-state index is 13.1. The Morgan fingerprint density at radius 2 is 2.24 bits per heavy atom. The molecule has 1 N–H and O–H groups in total. The van der Waals surface area contributed by atoms with Crippen LogP contribution in [0.4, 0.5) is 4.39 Å². The minimum atomic E-state index is -0.345. The number of hydrogen-bond acceptors (Lipinski definition) is 2. The quantitative estimate of drug-likeness (QED) is 0.871. The number of nitrogens with zero attached hydrogens (tertiary/aromatic N) is 1. The predicted molar refractivity (Wildman–Crippen MR) is 68.8 cm³/mol. The van der Waals surface area contributed by atoms with Crippen LogP contribution in [-0.4, -0.2) is 30.6 Å². The minimum absolute atomic E-state index is 0.214. The lowest BCUT2D eigenvalue weighted by Gasteiger charge is -2.38. The Bertz CT molecular complexity index is 380. The number of halogens is 2. The fourth-order valence-corrected chi connectivity index (χ4v) is 2.29. The smallest absolute Gasteiger partial charge is 0.141 e. The highest BCUT2D eigenvalue weighted by atomic mass is 35.5. The van der Waals surface area contributed by atoms with E-state index >= 15 is 0 Å². The summed E-state index contributed by atoms with van der Waals surface area (Å²) in [7, 11) is 0. The van der Waals surface area contributed by atoms with Crippen molar-refractivity contribution >= 4 is 11.6 Å². The van der Waals surface area contributed by atoms with Crippen molar-refractivity contribution in [3.05, 3.63) is 34.6 Å². The highest BCUT2D eigenvalue weighted by molar-refractivity contribution is 6.30. The zero-order valence-electron chi connectivity index (χ0n) is 10.0. The molecule has 0 aromatic heterocycles. The Kier molecular flexibility index (Phi) is 4.37. The Labute approximate surface area is 107 Å². The van der Waals surface area contributed by atoms with E-state index in [1.165, 1.54) is 6.07 Å². The van der Waals surface area contributed by atoms with Crippen molar-refractivity contribution in [1.29, 1.82) is 0 Å². The predicted octanol–water partition coefficient (Wildman–Crippen LogP) is 2.66. The normalized spacial score (nSPS) is 16.2. The van der Waals surface area contributed by atoms with Gasteiger partial charge in [-0.3, -0.25) is 4.90 Å². The molecular formula is C13H18ClFN2. The van der Waals surface area contributed by atoms with Gasteiger partial charge in [0.25, 0.3) is 0 Å². The van der Waals surface area contributed by atoms with Crippen LogP contribution in [0.3, 0.4) is 0 Å². The number of rotatable bonds is 5. The van der Waals surface area contributed by atoms with Crippen molar-refractivity contribution in [2.75, 3.05) is 19.6 Å². The van der Waals surface area contributed by atoms with Crippen molar-refractivity contribution in [2.24, 2.45) is 0 Å². The number of benzene rings is 1. The van der Waals surface area contributed by atoms with Gasteiger partial charge in [0, 0.05) is 25.7 Å². The third-order valence-electron chi connectivity index (χ3n) is 3.16. The summed E-state index contributed by atoms with van der Waals surface area (Å²) in [6.45, 7) is 6.20. The highest BCUT2D eigenvalue weighted by Crippen LogP contribution is 2.18. The monoisotopic (exact) mass is 256 g/mol. The van der Waals surface area contributed by atoms with E-state index < -0.39 is 0 Å². The number of nitrogens with one attached hydrogen (secondary N) is 1. The fraction of sp³-hybridized carbons (Fsp3) is 0.538. The maximum absolute atomic E-state index is 13.1. The van der Waals surface area contributed by atoms with Crippen molar-refractivity contribution in [2.45, 2.75) is 25.9 Å². The zero-order valence-corrected chi connectivity index (χ0v) is 10.8. The minimum Gasteiger partial charge on any atom is -0.314 e. The third-order valence-corrected chi connectivity index (χ3v) is 3.45. The molecule has 1 aromatic carbocycles. The van der Waals surface area contributed by atoms with Crippen molar-refractivity contribution in [3.63, 3.8) is 0 Å². The molecule has 0 unspecified atom stereocenters. The lowest BCUT2D eigenvalue weighted by atomic mass is 10.1. The van der Waals surface area contributed by atoms with Gasteiger partial charge in [0.05, 0.1) is 5.02 Å². The first-order valence-corrected chi connectivity index (χ1v) is 6.47. The molecule has 0 amide bonds. The van der Waals surface area contributed by atoms with Gasteiger partial charge in [-0.05, 0) is 30.7 Å². The molecule has 1 saturated heterocycles. The molecule has 4 heteroatoms. The summed E-state index contributed by atoms with van der Waals surface area (Å²) < 4.78 is 13.1. The van der Waals surface area contributed by atoms with Gasteiger partial charge in [-0.1, -0.05) is 24.6 Å². The molecule has 0 aliphatic carbocycles. The Balaban J connectivity index is 2.02. The highest BCUT2D eigenvalue weighted by Gasteiger charge is 2.23. The molecule has 1 heterocycles. The van der Waals surface area contributed by atoms with E-state index in [1.807, 2.05) is 6.07 Å². The van der Waals surface area contributed by atoms with Crippen LogP contribution in [0, 0.1) is 5.82 Å². The zero-order chi connectivity index (χ0) is 12.3. The second-order valence-corrected chi connectivity index (χ2v) is 4.94. The van der Waals surface area contributed by atoms with E-state index in [9.17, 15) is 4.39 Å². The summed E-state index contributed by atoms with van der Waals surface area (Å²) in [6.07, 6.45) is 1.13. The van der Waals surface area contributed by atoms with Crippen molar-refractivity contribution < 1.29 is 4.39 Å². The van der Waals surface area contributed by atoms with Gasteiger partial charge in [0.15, 0.2) is 0 Å². The third kappa shape index (κ3) is 3.18. The van der Waals surface area contributed by atoms with Crippen molar-refractivity contribution in [3.8, 4) is 0 Å². The summed E-state index contributed by atoms with van der Waals surface area (Å²) >= 11 is 5.80. The first-order valence-electron chi connectivity index (χ1n) is 6.09. The first kappa shape index (κ1) is 12.8. The molecule has 0 radical (unpaired) electrons. The summed E-state index contributed by atoms with van der Waals surface area (Å²) in [5.74, 6) is -0.345. The van der Waals surface area contributed by atoms with Gasteiger partial charge in [-0.25, -0.2) is 4.39 Å². The van der Waals surface area contributed by atoms with Crippen LogP contribution in [0.5, 0.6) is 0 Å². The first-order chi connectivity index (χ1) is 8.20. The lowest BCUT2D eigenvalue weighted by molar-refractivity contribution is 0.138. The molecule has 2 rings (SSSR count). The molecule has 1 fully saturated rings. The van der Waals surface area contributed by atoms with Crippen LogP contribution in [0.2, 0.25) is 5.02 Å². The molecule has 94 valence electrons. The molecule has 1 aromatic rings. The molecule has 0 saturated carbocycles. The Morgan fingerprint density at radius 1 is 1.47 bits per heavy atom. The molecular weight excluding hydrogens is 239 g/mol. The van der Waals surface area contributed by atoms with Crippen LogP contribution >= 0.6 is 11.6 Å². The molecule has 0 spiro atoms. The lowest BCUT2D eigenvalue weighted by Crippen LogP contribution is -2.56. The van der Waals surface area contributed by atoms with Gasteiger partial charge in [-0.15, -0.1) is 0 Å². The van der Waals surface area contributed by atoms with Crippen molar-refractivity contribution in [1.82, 2.24) is 10.2 Å². The van der Waals surface area contributed by atoms with Gasteiger partial charge in [0.1, 0.15) is 5.82 Å². The van der Waals surface area contributed by atoms with E-state index in [-0.39, 0.29) is 10.8 Å². The van der Waals surface area contributed by atoms with E-state index in [0.29, 0.717) is 6.04 Å². The van der Waals surface area contributed by atoms with E-state index in [4.69, 9.17) is 11.6 Å². The number of hydrogen-bond donors (Lipinski definition) is 1. The summed E-state index contributed by atoms with van der Waals surface area (Å²) in [5, 5.41) is 3.49. The topological polar surface area (TPSA) is 15.3 Å². The van der Waals surface area contributed by atoms with Gasteiger partial charge in [-0.2, -0.15) is 0 Å². The van der Waals surface area contributed by atoms with Crippen LogP contribution in [0.15, 0.2) is 18.2 Å². The van der Waals surface area contributed by atoms with Crippen LogP contribution in [-0.2, 0) is 6.54 Å². The largest absolute Gasteiger partial charge is 0.314 e. The van der Waals surface area contributed by atoms with Gasteiger partial charge >= 0.3 is 0 Å². The van der Waals surface area contributed by atoms with E-state index in [2.05, 4.69) is 17.1 Å². The molecule has 0 bridgehead atoms. The second kappa shape index (κ2) is 5.80. The molecule has 17 heavy (non-hydrogen) atoms. The van der Waals surface area contributed by atoms with Crippen LogP contribution < -0.4 is 5.32 Å².